The van der Waals surface area contributed by atoms with Gasteiger partial charge in [0.05, 0.1) is 6.54 Å². The molecule has 1 aliphatic heterocycles. The van der Waals surface area contributed by atoms with Crippen LogP contribution < -0.4 is 20.3 Å². The first-order valence-electron chi connectivity index (χ1n) is 10.8. The topological polar surface area (TPSA) is 77.9 Å². The number of nitrogens with zero attached hydrogens (tertiary/aromatic N) is 5. The fourth-order valence-electron chi connectivity index (χ4n) is 3.33. The molecule has 0 amide bonds. The zero-order valence-corrected chi connectivity index (χ0v) is 18.3. The summed E-state index contributed by atoms with van der Waals surface area (Å²) in [6.07, 6.45) is 3.40. The number of guanidine groups is 1. The third kappa shape index (κ3) is 7.67. The van der Waals surface area contributed by atoms with Crippen molar-refractivity contribution in [3.05, 3.63) is 48.5 Å². The Morgan fingerprint density at radius 3 is 2.65 bits per heavy atom. The van der Waals surface area contributed by atoms with Crippen LogP contribution in [0.3, 0.4) is 0 Å². The van der Waals surface area contributed by atoms with Crippen LogP contribution in [0.2, 0.25) is 0 Å². The number of rotatable bonds is 9. The van der Waals surface area contributed by atoms with Gasteiger partial charge in [-0.25, -0.2) is 19.4 Å². The molecule has 31 heavy (non-hydrogen) atoms. The highest BCUT2D eigenvalue weighted by atomic mass is 19.1. The van der Waals surface area contributed by atoms with Crippen molar-refractivity contribution in [1.29, 1.82) is 0 Å². The molecule has 2 aromatic rings. The van der Waals surface area contributed by atoms with Gasteiger partial charge in [0.2, 0.25) is 5.95 Å². The van der Waals surface area contributed by atoms with E-state index in [1.807, 2.05) is 19.9 Å². The van der Waals surface area contributed by atoms with Gasteiger partial charge in [0.15, 0.2) is 5.96 Å². The number of piperazine rings is 1. The second kappa shape index (κ2) is 12.0. The molecule has 1 fully saturated rings. The molecule has 1 unspecified atom stereocenters. The zero-order chi connectivity index (χ0) is 21.9. The molecule has 1 aromatic carbocycles. The van der Waals surface area contributed by atoms with Crippen molar-refractivity contribution >= 4 is 11.9 Å². The molecule has 168 valence electrons. The number of ether oxygens (including phenoxy) is 1. The third-order valence-electron chi connectivity index (χ3n) is 4.91. The average Bonchev–Trinajstić information content (AvgIpc) is 2.78. The second-order valence-electron chi connectivity index (χ2n) is 7.41. The molecule has 1 saturated heterocycles. The van der Waals surface area contributed by atoms with Crippen LogP contribution in [0.4, 0.5) is 10.3 Å². The van der Waals surface area contributed by atoms with Crippen LogP contribution in [0.25, 0.3) is 0 Å². The smallest absolute Gasteiger partial charge is 0.225 e. The van der Waals surface area contributed by atoms with Crippen molar-refractivity contribution in [2.24, 2.45) is 4.99 Å². The molecule has 0 spiro atoms. The van der Waals surface area contributed by atoms with E-state index in [9.17, 15) is 4.39 Å². The Hall–Kier alpha value is -2.94. The van der Waals surface area contributed by atoms with Crippen molar-refractivity contribution in [2.75, 3.05) is 57.3 Å². The maximum Gasteiger partial charge on any atom is 0.225 e. The largest absolute Gasteiger partial charge is 0.489 e. The zero-order valence-electron chi connectivity index (χ0n) is 18.3. The number of aromatic nitrogens is 2. The molecule has 0 bridgehead atoms. The molecule has 3 rings (SSSR count). The first kappa shape index (κ1) is 22.7. The summed E-state index contributed by atoms with van der Waals surface area (Å²) in [6, 6.07) is 8.00. The Morgan fingerprint density at radius 1 is 1.16 bits per heavy atom. The van der Waals surface area contributed by atoms with Crippen LogP contribution in [0, 0.1) is 5.82 Å². The number of nitrogens with one attached hydrogen (secondary N) is 2. The molecule has 1 aliphatic rings. The van der Waals surface area contributed by atoms with Gasteiger partial charge in [-0.05, 0) is 32.0 Å². The van der Waals surface area contributed by atoms with Gasteiger partial charge in [-0.2, -0.15) is 0 Å². The molecule has 9 heteroatoms. The van der Waals surface area contributed by atoms with Crippen molar-refractivity contribution in [1.82, 2.24) is 25.5 Å². The lowest BCUT2D eigenvalue weighted by Gasteiger charge is -2.34. The summed E-state index contributed by atoms with van der Waals surface area (Å²) < 4.78 is 19.0. The molecule has 2 N–H and O–H groups in total. The average molecular weight is 430 g/mol. The maximum absolute atomic E-state index is 13.3. The van der Waals surface area contributed by atoms with Crippen LogP contribution in [-0.4, -0.2) is 79.3 Å². The van der Waals surface area contributed by atoms with E-state index < -0.39 is 0 Å². The van der Waals surface area contributed by atoms with E-state index in [0.717, 1.165) is 57.7 Å². The Kier molecular flexibility index (Phi) is 8.84. The molecule has 1 atom stereocenters. The predicted molar refractivity (Wildman–Crippen MR) is 121 cm³/mol. The fraction of sp³-hybridized carbons (Fsp3) is 0.500. The number of aliphatic imine (C=N–C) groups is 1. The highest BCUT2D eigenvalue weighted by Gasteiger charge is 2.18. The SMILES string of the molecule is CCNC(=NCC(C)Oc1cccc(F)c1)NCCN1CCN(c2ncccn2)CC1. The summed E-state index contributed by atoms with van der Waals surface area (Å²) >= 11 is 0. The molecule has 0 radical (unpaired) electrons. The number of benzene rings is 1. The first-order chi connectivity index (χ1) is 15.1. The minimum absolute atomic E-state index is 0.162. The first-order valence-corrected chi connectivity index (χ1v) is 10.8. The Bertz CT molecular complexity index is 813. The van der Waals surface area contributed by atoms with Gasteiger partial charge in [-0.15, -0.1) is 0 Å². The minimum Gasteiger partial charge on any atom is -0.489 e. The highest BCUT2D eigenvalue weighted by molar-refractivity contribution is 5.79. The molecule has 2 heterocycles. The summed E-state index contributed by atoms with van der Waals surface area (Å²) in [5, 5.41) is 6.64. The second-order valence-corrected chi connectivity index (χ2v) is 7.41. The minimum atomic E-state index is -0.305. The van der Waals surface area contributed by atoms with E-state index in [4.69, 9.17) is 4.74 Å². The molecular formula is C22H32FN7O. The summed E-state index contributed by atoms with van der Waals surface area (Å²) in [6.45, 7) is 10.7. The normalized spacial score (nSPS) is 16.1. The van der Waals surface area contributed by atoms with E-state index >= 15 is 0 Å². The monoisotopic (exact) mass is 429 g/mol. The molecule has 8 nitrogen and oxygen atoms in total. The van der Waals surface area contributed by atoms with Crippen LogP contribution in [0.15, 0.2) is 47.7 Å². The summed E-state index contributed by atoms with van der Waals surface area (Å²) in [5.41, 5.74) is 0. The van der Waals surface area contributed by atoms with Crippen LogP contribution in [0.5, 0.6) is 5.75 Å². The van der Waals surface area contributed by atoms with Gasteiger partial charge in [0, 0.05) is 64.3 Å². The van der Waals surface area contributed by atoms with E-state index in [2.05, 4.69) is 35.4 Å². The highest BCUT2D eigenvalue weighted by Crippen LogP contribution is 2.14. The lowest BCUT2D eigenvalue weighted by molar-refractivity contribution is 0.229. The Morgan fingerprint density at radius 2 is 1.94 bits per heavy atom. The number of hydrogen-bond donors (Lipinski definition) is 2. The third-order valence-corrected chi connectivity index (χ3v) is 4.91. The summed E-state index contributed by atoms with van der Waals surface area (Å²) in [4.78, 5) is 17.9. The van der Waals surface area contributed by atoms with Gasteiger partial charge in [0.1, 0.15) is 17.7 Å². The van der Waals surface area contributed by atoms with Crippen molar-refractivity contribution < 1.29 is 9.13 Å². The van der Waals surface area contributed by atoms with Gasteiger partial charge in [-0.1, -0.05) is 6.07 Å². The fourth-order valence-corrected chi connectivity index (χ4v) is 3.33. The van der Waals surface area contributed by atoms with Gasteiger partial charge < -0.3 is 20.3 Å². The van der Waals surface area contributed by atoms with E-state index in [1.54, 1.807) is 24.5 Å². The lowest BCUT2D eigenvalue weighted by atomic mass is 10.3. The van der Waals surface area contributed by atoms with Crippen LogP contribution in [0.1, 0.15) is 13.8 Å². The van der Waals surface area contributed by atoms with Crippen molar-refractivity contribution in [3.63, 3.8) is 0 Å². The number of hydrogen-bond acceptors (Lipinski definition) is 6. The maximum atomic E-state index is 13.3. The van der Waals surface area contributed by atoms with E-state index in [-0.39, 0.29) is 11.9 Å². The van der Waals surface area contributed by atoms with Crippen molar-refractivity contribution in [3.8, 4) is 5.75 Å². The Balaban J connectivity index is 1.39. The Labute approximate surface area is 183 Å². The van der Waals surface area contributed by atoms with E-state index in [0.29, 0.717) is 12.3 Å². The van der Waals surface area contributed by atoms with Gasteiger partial charge in [0.25, 0.3) is 0 Å². The van der Waals surface area contributed by atoms with Gasteiger partial charge in [-0.3, -0.25) is 4.90 Å². The predicted octanol–water partition coefficient (Wildman–Crippen LogP) is 1.76. The molecule has 0 saturated carbocycles. The number of anilines is 1. The standard InChI is InChI=1S/C22H32FN7O/c1-3-24-21(28-17-18(2)31-20-7-4-6-19(23)16-20)25-10-11-29-12-14-30(15-13-29)22-26-8-5-9-27-22/h4-9,16,18H,3,10-15,17H2,1-2H3,(H2,24,25,28). The molecular weight excluding hydrogens is 397 g/mol. The van der Waals surface area contributed by atoms with Crippen molar-refractivity contribution in [2.45, 2.75) is 20.0 Å². The summed E-state index contributed by atoms with van der Waals surface area (Å²) in [5.74, 6) is 1.77. The van der Waals surface area contributed by atoms with E-state index in [1.165, 1.54) is 12.1 Å². The number of halogens is 1. The quantitative estimate of drug-likeness (QED) is 0.465. The lowest BCUT2D eigenvalue weighted by Crippen LogP contribution is -2.49. The molecule has 1 aromatic heterocycles. The molecule has 0 aliphatic carbocycles. The van der Waals surface area contributed by atoms with Gasteiger partial charge >= 0.3 is 0 Å². The van der Waals surface area contributed by atoms with Crippen LogP contribution in [-0.2, 0) is 0 Å². The van der Waals surface area contributed by atoms with Crippen LogP contribution >= 0.6 is 0 Å². The summed E-state index contributed by atoms with van der Waals surface area (Å²) in [7, 11) is 0.